The van der Waals surface area contributed by atoms with Crippen LogP contribution in [0.25, 0.3) is 10.4 Å². The fourth-order valence-corrected chi connectivity index (χ4v) is 6.67. The summed E-state index contributed by atoms with van der Waals surface area (Å²) in [7, 11) is 0. The van der Waals surface area contributed by atoms with Crippen molar-refractivity contribution < 1.29 is 18.9 Å². The Morgan fingerprint density at radius 1 is 0.732 bits per heavy atom. The molecule has 0 bridgehead atoms. The predicted octanol–water partition coefficient (Wildman–Crippen LogP) is 11.0. The topological polar surface area (TPSA) is 36.9 Å². The van der Waals surface area contributed by atoms with Crippen LogP contribution >= 0.6 is 11.3 Å². The molecule has 232 valence electrons. The Morgan fingerprint density at radius 3 is 1.76 bits per heavy atom. The first-order valence-electron chi connectivity index (χ1n) is 16.3. The van der Waals surface area contributed by atoms with Crippen molar-refractivity contribution in [2.75, 3.05) is 26.4 Å². The second-order valence-corrected chi connectivity index (χ2v) is 14.9. The number of rotatable bonds is 15. The summed E-state index contributed by atoms with van der Waals surface area (Å²) in [6.07, 6.45) is 9.58. The lowest BCUT2D eigenvalue weighted by molar-refractivity contribution is 0.171. The van der Waals surface area contributed by atoms with E-state index in [9.17, 15) is 0 Å². The van der Waals surface area contributed by atoms with Gasteiger partial charge >= 0.3 is 0 Å². The van der Waals surface area contributed by atoms with Gasteiger partial charge in [-0.15, -0.1) is 11.3 Å². The Kier molecular flexibility index (Phi) is 12.3. The minimum atomic E-state index is -0.0949. The van der Waals surface area contributed by atoms with E-state index in [1.165, 1.54) is 49.0 Å². The fourth-order valence-electron chi connectivity index (χ4n) is 5.40. The Bertz CT molecular complexity index is 1090. The zero-order valence-electron chi connectivity index (χ0n) is 27.8. The largest absolute Gasteiger partial charge is 0.493 e. The van der Waals surface area contributed by atoms with Crippen molar-refractivity contribution in [3.63, 3.8) is 0 Å². The number of unbranched alkanes of at least 4 members (excludes halogenated alkanes) is 2. The smallest absolute Gasteiger partial charge is 0.180 e. The van der Waals surface area contributed by atoms with Crippen molar-refractivity contribution in [3.05, 3.63) is 22.6 Å². The average molecular weight is 587 g/mol. The minimum Gasteiger partial charge on any atom is -0.493 e. The van der Waals surface area contributed by atoms with Gasteiger partial charge in [0.1, 0.15) is 24.7 Å². The van der Waals surface area contributed by atoms with Crippen LogP contribution in [0, 0.1) is 11.8 Å². The highest BCUT2D eigenvalue weighted by Gasteiger charge is 2.34. The van der Waals surface area contributed by atoms with Crippen molar-refractivity contribution in [1.29, 1.82) is 0 Å². The van der Waals surface area contributed by atoms with Crippen LogP contribution in [0.1, 0.15) is 131 Å². The molecule has 0 aliphatic carbocycles. The summed E-state index contributed by atoms with van der Waals surface area (Å²) in [5.74, 6) is 4.72. The molecule has 5 heteroatoms. The molecule has 0 amide bonds. The minimum absolute atomic E-state index is 0.0499. The van der Waals surface area contributed by atoms with E-state index in [2.05, 4.69) is 81.4 Å². The van der Waals surface area contributed by atoms with E-state index >= 15 is 0 Å². The molecule has 4 nitrogen and oxygen atoms in total. The predicted molar refractivity (Wildman–Crippen MR) is 176 cm³/mol. The first-order chi connectivity index (χ1) is 19.4. The highest BCUT2D eigenvalue weighted by atomic mass is 32.1. The monoisotopic (exact) mass is 586 g/mol. The summed E-state index contributed by atoms with van der Waals surface area (Å²) < 4.78 is 26.0. The molecule has 0 saturated heterocycles. The summed E-state index contributed by atoms with van der Waals surface area (Å²) in [5, 5.41) is 0. The van der Waals surface area contributed by atoms with Crippen LogP contribution in [0.3, 0.4) is 0 Å². The van der Waals surface area contributed by atoms with E-state index in [0.29, 0.717) is 31.7 Å². The molecule has 0 spiro atoms. The molecule has 1 aromatic heterocycles. The van der Waals surface area contributed by atoms with Crippen molar-refractivity contribution >= 4 is 11.3 Å². The second-order valence-electron chi connectivity index (χ2n) is 13.9. The molecular weight excluding hydrogens is 528 g/mol. The van der Waals surface area contributed by atoms with Gasteiger partial charge in [0.2, 0.25) is 0 Å². The molecule has 2 aromatic rings. The molecule has 0 N–H and O–H groups in total. The van der Waals surface area contributed by atoms with Gasteiger partial charge in [0.05, 0.1) is 23.0 Å². The Balaban J connectivity index is 2.14. The highest BCUT2D eigenvalue weighted by Crippen LogP contribution is 2.56. The molecule has 0 fully saturated rings. The van der Waals surface area contributed by atoms with Crippen LogP contribution in [-0.2, 0) is 10.8 Å². The highest BCUT2D eigenvalue weighted by molar-refractivity contribution is 7.16. The van der Waals surface area contributed by atoms with Gasteiger partial charge in [-0.1, -0.05) is 108 Å². The van der Waals surface area contributed by atoms with Gasteiger partial charge < -0.3 is 18.9 Å². The molecule has 3 rings (SSSR count). The zero-order valence-corrected chi connectivity index (χ0v) is 28.7. The molecule has 1 aromatic carbocycles. The SMILES string of the molecule is CCCCC(CC)COc1cc(OCC(CC)CCCC)c(C(C)(C)C)cc1-c1sc(C(C)(C)C)c2c1OCCO2. The van der Waals surface area contributed by atoms with E-state index in [-0.39, 0.29) is 10.8 Å². The van der Waals surface area contributed by atoms with Gasteiger partial charge in [-0.25, -0.2) is 0 Å². The number of hydrogen-bond acceptors (Lipinski definition) is 5. The first-order valence-corrected chi connectivity index (χ1v) is 17.1. The summed E-state index contributed by atoms with van der Waals surface area (Å²) in [6, 6.07) is 4.50. The molecule has 41 heavy (non-hydrogen) atoms. The number of hydrogen-bond donors (Lipinski definition) is 0. The lowest BCUT2D eigenvalue weighted by Gasteiger charge is -2.27. The van der Waals surface area contributed by atoms with E-state index < -0.39 is 0 Å². The summed E-state index contributed by atoms with van der Waals surface area (Å²) in [4.78, 5) is 2.33. The lowest BCUT2D eigenvalue weighted by atomic mass is 9.84. The van der Waals surface area contributed by atoms with Gasteiger partial charge in [0.15, 0.2) is 11.5 Å². The second kappa shape index (κ2) is 15.0. The van der Waals surface area contributed by atoms with Crippen molar-refractivity contribution in [3.8, 4) is 33.4 Å². The van der Waals surface area contributed by atoms with E-state index in [1.807, 2.05) is 0 Å². The van der Waals surface area contributed by atoms with Crippen LogP contribution in [0.2, 0.25) is 0 Å². The summed E-state index contributed by atoms with van der Waals surface area (Å²) in [5.41, 5.74) is 2.15. The molecule has 2 heterocycles. The van der Waals surface area contributed by atoms with Crippen molar-refractivity contribution in [1.82, 2.24) is 0 Å². The molecule has 2 atom stereocenters. The maximum atomic E-state index is 6.76. The Labute approximate surface area is 255 Å². The molecule has 0 saturated carbocycles. The third-order valence-electron chi connectivity index (χ3n) is 8.25. The molecule has 1 aliphatic heterocycles. The number of thiophene rings is 1. The Hall–Kier alpha value is -1.88. The van der Waals surface area contributed by atoms with Crippen LogP contribution in [0.4, 0.5) is 0 Å². The average Bonchev–Trinajstić information content (AvgIpc) is 3.33. The van der Waals surface area contributed by atoms with Crippen molar-refractivity contribution in [2.24, 2.45) is 11.8 Å². The zero-order chi connectivity index (χ0) is 30.2. The summed E-state index contributed by atoms with van der Waals surface area (Å²) in [6.45, 7) is 25.3. The van der Waals surface area contributed by atoms with E-state index in [1.54, 1.807) is 11.3 Å². The van der Waals surface area contributed by atoms with Crippen LogP contribution in [-0.4, -0.2) is 26.4 Å². The van der Waals surface area contributed by atoms with Gasteiger partial charge in [-0.3, -0.25) is 0 Å². The third kappa shape index (κ3) is 8.81. The number of ether oxygens (including phenoxy) is 4. The molecule has 2 unspecified atom stereocenters. The Morgan fingerprint density at radius 2 is 1.27 bits per heavy atom. The normalized spacial score (nSPS) is 15.1. The maximum absolute atomic E-state index is 6.76. The maximum Gasteiger partial charge on any atom is 0.180 e. The van der Waals surface area contributed by atoms with E-state index in [0.717, 1.165) is 52.9 Å². The lowest BCUT2D eigenvalue weighted by Crippen LogP contribution is -2.18. The fraction of sp³-hybridized carbons (Fsp3) is 0.722. The van der Waals surface area contributed by atoms with Crippen LogP contribution < -0.4 is 18.9 Å². The van der Waals surface area contributed by atoms with Gasteiger partial charge in [-0.05, 0) is 36.2 Å². The van der Waals surface area contributed by atoms with Crippen LogP contribution in [0.15, 0.2) is 12.1 Å². The van der Waals surface area contributed by atoms with Crippen LogP contribution in [0.5, 0.6) is 23.0 Å². The number of fused-ring (bicyclic) bond motifs is 1. The summed E-state index contributed by atoms with van der Waals surface area (Å²) >= 11 is 1.79. The third-order valence-corrected chi connectivity index (χ3v) is 9.86. The molecule has 0 radical (unpaired) electrons. The molecule has 1 aliphatic rings. The van der Waals surface area contributed by atoms with Gasteiger partial charge in [0, 0.05) is 22.6 Å². The first kappa shape index (κ1) is 33.6. The standard InChI is InChI=1S/C36H58O4S/c1-11-15-17-25(13-3)23-39-29-22-30(40-24-26(14-4)18-16-12-2)28(35(5,6)7)21-27(29)33-31-32(38-20-19-37-31)34(41-33)36(8,9)10/h21-22,25-26H,11-20,23-24H2,1-10H3. The quantitative estimate of drug-likeness (QED) is 0.208. The van der Waals surface area contributed by atoms with Crippen molar-refractivity contribution in [2.45, 2.75) is 131 Å². The van der Waals surface area contributed by atoms with Gasteiger partial charge in [-0.2, -0.15) is 0 Å². The van der Waals surface area contributed by atoms with E-state index in [4.69, 9.17) is 18.9 Å². The number of benzene rings is 1. The van der Waals surface area contributed by atoms with Gasteiger partial charge in [0.25, 0.3) is 0 Å². The molecular formula is C36H58O4S.